The lowest BCUT2D eigenvalue weighted by atomic mass is 9.90. The SMILES string of the molecule is O=C(CSc1nnc(CN2CCCC2)n1-c1ccccc1)c1ccc2c(c1)CCCC2. The fourth-order valence-corrected chi connectivity index (χ4v) is 5.46. The summed E-state index contributed by atoms with van der Waals surface area (Å²) in [5.41, 5.74) is 4.62. The van der Waals surface area contributed by atoms with Crippen molar-refractivity contribution in [2.24, 2.45) is 0 Å². The van der Waals surface area contributed by atoms with E-state index in [-0.39, 0.29) is 5.78 Å². The Labute approximate surface area is 187 Å². The van der Waals surface area contributed by atoms with E-state index in [1.54, 1.807) is 0 Å². The normalized spacial score (nSPS) is 16.4. The van der Waals surface area contributed by atoms with Gasteiger partial charge in [-0.1, -0.05) is 42.1 Å². The van der Waals surface area contributed by atoms with Crippen LogP contribution in [0.25, 0.3) is 5.69 Å². The van der Waals surface area contributed by atoms with Gasteiger partial charge in [0.25, 0.3) is 0 Å². The number of carbonyl (C=O) groups excluding carboxylic acids is 1. The maximum Gasteiger partial charge on any atom is 0.196 e. The summed E-state index contributed by atoms with van der Waals surface area (Å²) in [4.78, 5) is 15.4. The van der Waals surface area contributed by atoms with Crippen LogP contribution in [0, 0.1) is 0 Å². The van der Waals surface area contributed by atoms with Crippen molar-refractivity contribution >= 4 is 17.5 Å². The molecule has 160 valence electrons. The summed E-state index contributed by atoms with van der Waals surface area (Å²) in [6.07, 6.45) is 7.20. The smallest absolute Gasteiger partial charge is 0.196 e. The highest BCUT2D eigenvalue weighted by atomic mass is 32.2. The minimum Gasteiger partial charge on any atom is -0.296 e. The molecule has 0 unspecified atom stereocenters. The molecule has 0 radical (unpaired) electrons. The topological polar surface area (TPSA) is 51.0 Å². The molecule has 0 atom stereocenters. The van der Waals surface area contributed by atoms with Crippen LogP contribution in [-0.2, 0) is 19.4 Å². The first-order valence-corrected chi connectivity index (χ1v) is 12.3. The van der Waals surface area contributed by atoms with Crippen LogP contribution < -0.4 is 0 Å². The number of rotatable bonds is 7. The summed E-state index contributed by atoms with van der Waals surface area (Å²) < 4.78 is 2.11. The monoisotopic (exact) mass is 432 g/mol. The van der Waals surface area contributed by atoms with Crippen LogP contribution in [0.5, 0.6) is 0 Å². The number of hydrogen-bond donors (Lipinski definition) is 0. The summed E-state index contributed by atoms with van der Waals surface area (Å²) in [5.74, 6) is 1.46. The molecular weight excluding hydrogens is 404 g/mol. The van der Waals surface area contributed by atoms with Crippen LogP contribution in [0.3, 0.4) is 0 Å². The Morgan fingerprint density at radius 3 is 2.48 bits per heavy atom. The lowest BCUT2D eigenvalue weighted by Gasteiger charge is -2.16. The van der Waals surface area contributed by atoms with Gasteiger partial charge in [-0.05, 0) is 80.9 Å². The number of aryl methyl sites for hydroxylation is 2. The number of thioether (sulfide) groups is 1. The summed E-state index contributed by atoms with van der Waals surface area (Å²) in [6, 6.07) is 16.5. The molecule has 5 nitrogen and oxygen atoms in total. The lowest BCUT2D eigenvalue weighted by molar-refractivity contribution is 0.102. The van der Waals surface area contributed by atoms with E-state index in [0.717, 1.165) is 54.7 Å². The van der Waals surface area contributed by atoms with Gasteiger partial charge in [0.1, 0.15) is 0 Å². The molecule has 0 bridgehead atoms. The van der Waals surface area contributed by atoms with Gasteiger partial charge < -0.3 is 0 Å². The van der Waals surface area contributed by atoms with Crippen LogP contribution in [-0.4, -0.2) is 44.3 Å². The number of para-hydroxylation sites is 1. The van der Waals surface area contributed by atoms with Gasteiger partial charge in [0.2, 0.25) is 0 Å². The minimum atomic E-state index is 0.155. The number of likely N-dealkylation sites (tertiary alicyclic amines) is 1. The molecule has 0 N–H and O–H groups in total. The van der Waals surface area contributed by atoms with Crippen LogP contribution in [0.2, 0.25) is 0 Å². The van der Waals surface area contributed by atoms with E-state index in [1.807, 2.05) is 24.3 Å². The maximum absolute atomic E-state index is 13.0. The van der Waals surface area contributed by atoms with Crippen LogP contribution in [0.15, 0.2) is 53.7 Å². The average molecular weight is 433 g/mol. The van der Waals surface area contributed by atoms with Gasteiger partial charge in [0.05, 0.1) is 12.3 Å². The number of nitrogens with zero attached hydrogens (tertiary/aromatic N) is 4. The van der Waals surface area contributed by atoms with Gasteiger partial charge in [0, 0.05) is 11.3 Å². The van der Waals surface area contributed by atoms with E-state index < -0.39 is 0 Å². The zero-order valence-corrected chi connectivity index (χ0v) is 18.6. The van der Waals surface area contributed by atoms with E-state index in [0.29, 0.717) is 5.75 Å². The van der Waals surface area contributed by atoms with Crippen molar-refractivity contribution < 1.29 is 4.79 Å². The Morgan fingerprint density at radius 2 is 1.68 bits per heavy atom. The predicted octanol–water partition coefficient (Wildman–Crippen LogP) is 4.72. The van der Waals surface area contributed by atoms with Crippen molar-refractivity contribution in [3.8, 4) is 5.69 Å². The second kappa shape index (κ2) is 9.37. The number of ketones is 1. The maximum atomic E-state index is 13.0. The Morgan fingerprint density at radius 1 is 0.903 bits per heavy atom. The Kier molecular flexibility index (Phi) is 6.18. The van der Waals surface area contributed by atoms with Crippen molar-refractivity contribution in [1.29, 1.82) is 0 Å². The zero-order valence-electron chi connectivity index (χ0n) is 17.8. The Bertz CT molecular complexity index is 1060. The minimum absolute atomic E-state index is 0.155. The summed E-state index contributed by atoms with van der Waals surface area (Å²) in [7, 11) is 0. The van der Waals surface area contributed by atoms with E-state index in [2.05, 4.69) is 43.9 Å². The van der Waals surface area contributed by atoms with Crippen molar-refractivity contribution in [3.63, 3.8) is 0 Å². The van der Waals surface area contributed by atoms with Gasteiger partial charge in [-0.3, -0.25) is 14.3 Å². The highest BCUT2D eigenvalue weighted by molar-refractivity contribution is 7.99. The lowest BCUT2D eigenvalue weighted by Crippen LogP contribution is -2.21. The highest BCUT2D eigenvalue weighted by Gasteiger charge is 2.20. The van der Waals surface area contributed by atoms with Gasteiger partial charge in [-0.15, -0.1) is 10.2 Å². The van der Waals surface area contributed by atoms with Crippen LogP contribution >= 0.6 is 11.8 Å². The first kappa shape index (κ1) is 20.5. The predicted molar refractivity (Wildman–Crippen MR) is 124 cm³/mol. The molecule has 1 fully saturated rings. The van der Waals surface area contributed by atoms with Gasteiger partial charge in [-0.25, -0.2) is 0 Å². The third kappa shape index (κ3) is 4.60. The molecule has 6 heteroatoms. The average Bonchev–Trinajstić information content (AvgIpc) is 3.48. The molecule has 2 aliphatic rings. The quantitative estimate of drug-likeness (QED) is 0.400. The van der Waals surface area contributed by atoms with Crippen LogP contribution in [0.1, 0.15) is 53.0 Å². The number of aromatic nitrogens is 3. The molecule has 1 aliphatic carbocycles. The summed E-state index contributed by atoms with van der Waals surface area (Å²) in [6.45, 7) is 3.02. The molecule has 31 heavy (non-hydrogen) atoms. The molecule has 0 amide bonds. The Hall–Kier alpha value is -2.44. The first-order valence-electron chi connectivity index (χ1n) is 11.3. The van der Waals surface area contributed by atoms with Crippen molar-refractivity contribution in [1.82, 2.24) is 19.7 Å². The standard InChI is InChI=1S/C25H28N4OS/c30-23(21-13-12-19-8-4-5-9-20(19)16-21)18-31-25-27-26-24(17-28-14-6-7-15-28)29(25)22-10-2-1-3-11-22/h1-3,10-13,16H,4-9,14-15,17-18H2. The molecule has 5 rings (SSSR count). The van der Waals surface area contributed by atoms with E-state index >= 15 is 0 Å². The van der Waals surface area contributed by atoms with Gasteiger partial charge in [-0.2, -0.15) is 0 Å². The number of benzene rings is 2. The first-order chi connectivity index (χ1) is 15.3. The summed E-state index contributed by atoms with van der Waals surface area (Å²) >= 11 is 1.48. The van der Waals surface area contributed by atoms with E-state index in [4.69, 9.17) is 0 Å². The molecule has 3 aromatic rings. The van der Waals surface area contributed by atoms with Gasteiger partial charge >= 0.3 is 0 Å². The van der Waals surface area contributed by atoms with E-state index in [1.165, 1.54) is 48.6 Å². The zero-order chi connectivity index (χ0) is 21.0. The molecule has 0 spiro atoms. The van der Waals surface area contributed by atoms with Crippen molar-refractivity contribution in [2.75, 3.05) is 18.8 Å². The third-order valence-electron chi connectivity index (χ3n) is 6.28. The Balaban J connectivity index is 1.35. The molecule has 0 saturated carbocycles. The number of hydrogen-bond acceptors (Lipinski definition) is 5. The number of carbonyl (C=O) groups is 1. The third-order valence-corrected chi connectivity index (χ3v) is 7.21. The molecule has 1 aliphatic heterocycles. The fraction of sp³-hybridized carbons (Fsp3) is 0.400. The van der Waals surface area contributed by atoms with Crippen molar-refractivity contribution in [2.45, 2.75) is 50.2 Å². The number of fused-ring (bicyclic) bond motifs is 1. The number of Topliss-reactive ketones (excluding diaryl/α,β-unsaturated/α-hetero) is 1. The van der Waals surface area contributed by atoms with Gasteiger partial charge in [0.15, 0.2) is 16.8 Å². The highest BCUT2D eigenvalue weighted by Crippen LogP contribution is 2.26. The second-order valence-corrected chi connectivity index (χ2v) is 9.40. The summed E-state index contributed by atoms with van der Waals surface area (Å²) in [5, 5.41) is 9.75. The molecule has 2 heterocycles. The largest absolute Gasteiger partial charge is 0.296 e. The second-order valence-electron chi connectivity index (χ2n) is 8.46. The molecule has 1 saturated heterocycles. The van der Waals surface area contributed by atoms with E-state index in [9.17, 15) is 4.79 Å². The molecular formula is C25H28N4OS. The van der Waals surface area contributed by atoms with Crippen molar-refractivity contribution in [3.05, 3.63) is 71.0 Å². The molecule has 2 aromatic carbocycles. The fourth-order valence-electron chi connectivity index (χ4n) is 4.59. The molecule has 1 aromatic heterocycles. The van der Waals surface area contributed by atoms with Crippen LogP contribution in [0.4, 0.5) is 0 Å².